The van der Waals surface area contributed by atoms with Crippen molar-refractivity contribution in [3.8, 4) is 0 Å². The Morgan fingerprint density at radius 1 is 1.26 bits per heavy atom. The van der Waals surface area contributed by atoms with E-state index in [4.69, 9.17) is 4.74 Å². The molecule has 0 radical (unpaired) electrons. The Kier molecular flexibility index (Phi) is 4.98. The van der Waals surface area contributed by atoms with Crippen molar-refractivity contribution in [3.05, 3.63) is 29.8 Å². The molecule has 0 aliphatic heterocycles. The van der Waals surface area contributed by atoms with Gasteiger partial charge in [0.05, 0.1) is 5.54 Å². The van der Waals surface area contributed by atoms with E-state index in [1.165, 1.54) is 7.98 Å². The maximum absolute atomic E-state index is 11.4. The fourth-order valence-corrected chi connectivity index (χ4v) is 1.35. The molecule has 1 rings (SSSR count). The zero-order valence-electron chi connectivity index (χ0n) is 11.7. The lowest BCUT2D eigenvalue weighted by Gasteiger charge is -2.24. The summed E-state index contributed by atoms with van der Waals surface area (Å²) in [5, 5.41) is 5.53. The van der Waals surface area contributed by atoms with Crippen LogP contribution in [0.4, 0.5) is 10.5 Å². The summed E-state index contributed by atoms with van der Waals surface area (Å²) in [6.07, 6.45) is -0.458. The highest BCUT2D eigenvalue weighted by atomic mass is 16.5. The van der Waals surface area contributed by atoms with E-state index in [0.29, 0.717) is 0 Å². The number of ether oxygens (including phenoxy) is 1. The van der Waals surface area contributed by atoms with E-state index in [2.05, 4.69) is 10.5 Å². The number of carbonyl (C=O) groups excluding carboxylic acids is 2. The average molecular weight is 262 g/mol. The second kappa shape index (κ2) is 6.27. The molecule has 0 fully saturated rings. The summed E-state index contributed by atoms with van der Waals surface area (Å²) in [4.78, 5) is 22.4. The Hall–Kier alpha value is -1.98. The van der Waals surface area contributed by atoms with Gasteiger partial charge in [0.25, 0.3) is 0 Å². The zero-order chi connectivity index (χ0) is 14.5. The van der Waals surface area contributed by atoms with Crippen molar-refractivity contribution >= 4 is 25.5 Å². The third-order valence-electron chi connectivity index (χ3n) is 2.86. The van der Waals surface area contributed by atoms with Gasteiger partial charge < -0.3 is 15.3 Å². The van der Waals surface area contributed by atoms with E-state index in [1.807, 2.05) is 38.1 Å². The van der Waals surface area contributed by atoms with E-state index in [1.54, 1.807) is 6.92 Å². The van der Waals surface area contributed by atoms with E-state index >= 15 is 0 Å². The predicted molar refractivity (Wildman–Crippen MR) is 76.7 cm³/mol. The topological polar surface area (TPSA) is 67.4 Å². The summed E-state index contributed by atoms with van der Waals surface area (Å²) in [7, 11) is 1.51. The van der Waals surface area contributed by atoms with Gasteiger partial charge in [0, 0.05) is 5.69 Å². The number of benzene rings is 1. The second-order valence-electron chi connectivity index (χ2n) is 4.83. The molecule has 0 unspecified atom stereocenters. The lowest BCUT2D eigenvalue weighted by molar-refractivity contribution is -0.120. The molecule has 1 aromatic carbocycles. The number of hydrogen-bond acceptors (Lipinski definition) is 4. The normalized spacial score (nSPS) is 10.7. The molecule has 1 amide bonds. The fraction of sp³-hybridized carbons (Fsp3) is 0.385. The number of Topliss-reactive ketones (excluding diaryl/α,β-unsaturated/α-hetero) is 1. The number of amides is 1. The highest BCUT2D eigenvalue weighted by Crippen LogP contribution is 2.17. The smallest absolute Gasteiger partial charge is 0.394 e. The standard InChI is InChI=1S/C13H19BN2O3/c1-9(17)13(2,3)15-11-6-4-10(5-7-11)8-19-12(18)16-14/h4-7,15H,8,14H2,1-3H3,(H,16,18). The molecular weight excluding hydrogens is 243 g/mol. The van der Waals surface area contributed by atoms with Crippen LogP contribution in [0.25, 0.3) is 0 Å². The van der Waals surface area contributed by atoms with Gasteiger partial charge >= 0.3 is 6.09 Å². The lowest BCUT2D eigenvalue weighted by Crippen LogP contribution is -2.38. The molecule has 0 aromatic heterocycles. The van der Waals surface area contributed by atoms with Crippen LogP contribution >= 0.6 is 0 Å². The van der Waals surface area contributed by atoms with Crippen LogP contribution in [-0.4, -0.2) is 25.4 Å². The maximum Gasteiger partial charge on any atom is 0.394 e. The summed E-state index contributed by atoms with van der Waals surface area (Å²) in [6, 6.07) is 7.41. The van der Waals surface area contributed by atoms with Crippen molar-refractivity contribution in [2.45, 2.75) is 32.9 Å². The summed E-state index contributed by atoms with van der Waals surface area (Å²) >= 11 is 0. The first-order valence-electron chi connectivity index (χ1n) is 6.08. The van der Waals surface area contributed by atoms with Gasteiger partial charge in [-0.1, -0.05) is 12.1 Å². The van der Waals surface area contributed by atoms with Crippen LogP contribution in [0.3, 0.4) is 0 Å². The van der Waals surface area contributed by atoms with E-state index in [0.717, 1.165) is 11.3 Å². The Bertz CT molecular complexity index is 457. The summed E-state index contributed by atoms with van der Waals surface area (Å²) in [5.74, 6) is 0.0690. The van der Waals surface area contributed by atoms with Gasteiger partial charge in [-0.15, -0.1) is 0 Å². The summed E-state index contributed by atoms with van der Waals surface area (Å²) < 4.78 is 4.93. The fourth-order valence-electron chi connectivity index (χ4n) is 1.35. The highest BCUT2D eigenvalue weighted by Gasteiger charge is 2.22. The molecule has 19 heavy (non-hydrogen) atoms. The molecule has 0 heterocycles. The Morgan fingerprint density at radius 3 is 2.32 bits per heavy atom. The van der Waals surface area contributed by atoms with Crippen LogP contribution in [0.5, 0.6) is 0 Å². The third-order valence-corrected chi connectivity index (χ3v) is 2.86. The Balaban J connectivity index is 2.62. The van der Waals surface area contributed by atoms with E-state index < -0.39 is 11.6 Å². The van der Waals surface area contributed by atoms with Gasteiger partial charge in [0.2, 0.25) is 7.98 Å². The number of hydrogen-bond donors (Lipinski definition) is 2. The van der Waals surface area contributed by atoms with Gasteiger partial charge in [-0.3, -0.25) is 4.79 Å². The van der Waals surface area contributed by atoms with Gasteiger partial charge in [-0.05, 0) is 38.5 Å². The van der Waals surface area contributed by atoms with Crippen LogP contribution in [0.1, 0.15) is 26.3 Å². The van der Waals surface area contributed by atoms with Crippen molar-refractivity contribution in [1.29, 1.82) is 0 Å². The summed E-state index contributed by atoms with van der Waals surface area (Å²) in [5.41, 5.74) is 1.14. The number of anilines is 1. The van der Waals surface area contributed by atoms with Crippen molar-refractivity contribution in [2.75, 3.05) is 5.32 Å². The molecule has 102 valence electrons. The largest absolute Gasteiger partial charge is 0.446 e. The summed E-state index contributed by atoms with van der Waals surface area (Å²) in [6.45, 7) is 5.44. The first-order valence-corrected chi connectivity index (χ1v) is 6.08. The molecule has 0 spiro atoms. The average Bonchev–Trinajstić information content (AvgIpc) is 2.37. The van der Waals surface area contributed by atoms with Crippen molar-refractivity contribution in [1.82, 2.24) is 5.23 Å². The number of carbonyl (C=O) groups is 2. The minimum atomic E-state index is -0.597. The first kappa shape index (κ1) is 15.1. The molecule has 2 N–H and O–H groups in total. The molecule has 0 aliphatic rings. The second-order valence-corrected chi connectivity index (χ2v) is 4.83. The van der Waals surface area contributed by atoms with Crippen LogP contribution in [-0.2, 0) is 16.1 Å². The number of rotatable bonds is 5. The highest BCUT2D eigenvalue weighted by molar-refractivity contribution is 6.12. The molecule has 0 saturated carbocycles. The van der Waals surface area contributed by atoms with E-state index in [9.17, 15) is 9.59 Å². The Labute approximate surface area is 114 Å². The van der Waals surface area contributed by atoms with Crippen molar-refractivity contribution in [2.24, 2.45) is 0 Å². The molecular formula is C13H19BN2O3. The molecule has 0 atom stereocenters. The lowest BCUT2D eigenvalue weighted by atomic mass is 10.00. The number of nitrogens with one attached hydrogen (secondary N) is 2. The van der Waals surface area contributed by atoms with Gasteiger partial charge in [-0.25, -0.2) is 4.79 Å². The third kappa shape index (κ3) is 4.65. The minimum absolute atomic E-state index is 0.0690. The quantitative estimate of drug-likeness (QED) is 0.783. The molecule has 0 bridgehead atoms. The van der Waals surface area contributed by atoms with Crippen molar-refractivity contribution < 1.29 is 14.3 Å². The molecule has 1 aromatic rings. The zero-order valence-corrected chi connectivity index (χ0v) is 11.7. The van der Waals surface area contributed by atoms with E-state index in [-0.39, 0.29) is 12.4 Å². The molecule has 0 aliphatic carbocycles. The van der Waals surface area contributed by atoms with Gasteiger partial charge in [0.15, 0.2) is 5.78 Å². The van der Waals surface area contributed by atoms with Crippen LogP contribution in [0.15, 0.2) is 24.3 Å². The van der Waals surface area contributed by atoms with Gasteiger partial charge in [0.1, 0.15) is 6.61 Å². The monoisotopic (exact) mass is 262 g/mol. The van der Waals surface area contributed by atoms with Crippen LogP contribution in [0, 0.1) is 0 Å². The Morgan fingerprint density at radius 2 is 1.84 bits per heavy atom. The van der Waals surface area contributed by atoms with Crippen molar-refractivity contribution in [3.63, 3.8) is 0 Å². The number of ketones is 1. The molecule has 5 nitrogen and oxygen atoms in total. The molecule has 6 heteroatoms. The van der Waals surface area contributed by atoms with Crippen LogP contribution < -0.4 is 10.5 Å². The molecule has 0 saturated heterocycles. The van der Waals surface area contributed by atoms with Gasteiger partial charge in [-0.2, -0.15) is 0 Å². The predicted octanol–water partition coefficient (Wildman–Crippen LogP) is 1.24. The minimum Gasteiger partial charge on any atom is -0.446 e. The van der Waals surface area contributed by atoms with Crippen LogP contribution in [0.2, 0.25) is 0 Å². The maximum atomic E-state index is 11.4. The first-order chi connectivity index (χ1) is 8.85. The SMILES string of the molecule is BNC(=O)OCc1ccc(NC(C)(C)C(C)=O)cc1.